The topological polar surface area (TPSA) is 87.1 Å². The summed E-state index contributed by atoms with van der Waals surface area (Å²) in [6.07, 6.45) is 3.57. The number of aliphatic hydroxyl groups is 1. The van der Waals surface area contributed by atoms with Crippen molar-refractivity contribution in [3.05, 3.63) is 64.2 Å². The van der Waals surface area contributed by atoms with Crippen molar-refractivity contribution in [2.45, 2.75) is 57.7 Å². The van der Waals surface area contributed by atoms with Crippen molar-refractivity contribution in [1.29, 1.82) is 0 Å². The van der Waals surface area contributed by atoms with Crippen LogP contribution in [-0.2, 0) is 9.59 Å². The van der Waals surface area contributed by atoms with Crippen LogP contribution >= 0.6 is 11.6 Å². The number of ether oxygens (including phenoxy) is 1. The van der Waals surface area contributed by atoms with E-state index >= 15 is 0 Å². The summed E-state index contributed by atoms with van der Waals surface area (Å²) in [6, 6.07) is 10.5. The summed E-state index contributed by atoms with van der Waals surface area (Å²) >= 11 is 6.14. The molecule has 2 aromatic rings. The zero-order valence-corrected chi connectivity index (χ0v) is 18.8. The highest BCUT2D eigenvalue weighted by atomic mass is 35.5. The van der Waals surface area contributed by atoms with Gasteiger partial charge in [-0.15, -0.1) is 0 Å². The number of ketones is 1. The number of amides is 1. The minimum absolute atomic E-state index is 0.00503. The third kappa shape index (κ3) is 4.07. The van der Waals surface area contributed by atoms with Gasteiger partial charge in [-0.1, -0.05) is 30.5 Å². The van der Waals surface area contributed by atoms with Crippen molar-refractivity contribution in [3.8, 4) is 11.5 Å². The number of carbonyl (C=O) groups excluding carboxylic acids is 2. The number of aromatic hydroxyl groups is 1. The smallest absolute Gasteiger partial charge is 0.295 e. The van der Waals surface area contributed by atoms with Gasteiger partial charge in [0.25, 0.3) is 11.7 Å². The molecular formula is C25H26ClNO5. The third-order valence-electron chi connectivity index (χ3n) is 5.99. The number of phenols is 1. The Kier molecular flexibility index (Phi) is 6.15. The standard InChI is InChI=1S/C25H26ClNO5/c1-14(2)32-18-10-7-15(8-11-18)23(29)21-22(16-9-12-20(28)19(26)13-16)27(25(31)24(21)30)17-5-3-4-6-17/h7-14,17,22,28-29H,3-6H2,1-2H3/b23-21-. The van der Waals surface area contributed by atoms with Crippen molar-refractivity contribution in [2.24, 2.45) is 0 Å². The molecule has 1 unspecified atom stereocenters. The number of benzene rings is 2. The van der Waals surface area contributed by atoms with E-state index in [0.29, 0.717) is 16.9 Å². The summed E-state index contributed by atoms with van der Waals surface area (Å²) in [5.41, 5.74) is 1.02. The van der Waals surface area contributed by atoms with Crippen LogP contribution in [0.4, 0.5) is 0 Å². The summed E-state index contributed by atoms with van der Waals surface area (Å²) in [5, 5.41) is 21.1. The van der Waals surface area contributed by atoms with Gasteiger partial charge in [0.05, 0.1) is 22.7 Å². The van der Waals surface area contributed by atoms with Crippen molar-refractivity contribution in [2.75, 3.05) is 0 Å². The van der Waals surface area contributed by atoms with Crippen LogP contribution in [0.1, 0.15) is 56.7 Å². The minimum atomic E-state index is -0.775. The molecule has 0 aromatic heterocycles. The first-order valence-electron chi connectivity index (χ1n) is 10.8. The van der Waals surface area contributed by atoms with Crippen LogP contribution in [0.5, 0.6) is 11.5 Å². The molecule has 2 aromatic carbocycles. The molecule has 1 heterocycles. The molecule has 0 spiro atoms. The van der Waals surface area contributed by atoms with Crippen LogP contribution < -0.4 is 4.74 Å². The second-order valence-electron chi connectivity index (χ2n) is 8.55. The van der Waals surface area contributed by atoms with Crippen LogP contribution in [-0.4, -0.2) is 38.9 Å². The molecular weight excluding hydrogens is 430 g/mol. The van der Waals surface area contributed by atoms with Gasteiger partial charge in [0, 0.05) is 11.6 Å². The average Bonchev–Trinajstić information content (AvgIpc) is 3.37. The number of aliphatic hydroxyl groups excluding tert-OH is 1. The van der Waals surface area contributed by atoms with Crippen LogP contribution in [0, 0.1) is 0 Å². The van der Waals surface area contributed by atoms with Gasteiger partial charge < -0.3 is 19.8 Å². The molecule has 0 radical (unpaired) electrons. The van der Waals surface area contributed by atoms with Gasteiger partial charge in [-0.3, -0.25) is 9.59 Å². The molecule has 1 aliphatic carbocycles. The summed E-state index contributed by atoms with van der Waals surface area (Å²) in [4.78, 5) is 27.8. The van der Waals surface area contributed by atoms with Crippen LogP contribution in [0.15, 0.2) is 48.0 Å². The fraction of sp³-hybridized carbons (Fsp3) is 0.360. The first kappa shape index (κ1) is 22.2. The van der Waals surface area contributed by atoms with Crippen LogP contribution in [0.3, 0.4) is 0 Å². The first-order valence-corrected chi connectivity index (χ1v) is 11.2. The lowest BCUT2D eigenvalue weighted by atomic mass is 9.94. The first-order chi connectivity index (χ1) is 15.3. The number of phenolic OH excluding ortho intramolecular Hbond substituents is 1. The normalized spacial score (nSPS) is 21.0. The minimum Gasteiger partial charge on any atom is -0.507 e. The Morgan fingerprint density at radius 1 is 1.09 bits per heavy atom. The van der Waals surface area contributed by atoms with Gasteiger partial charge in [0.2, 0.25) is 0 Å². The molecule has 1 amide bonds. The lowest BCUT2D eigenvalue weighted by molar-refractivity contribution is -0.141. The number of halogens is 1. The van der Waals surface area contributed by atoms with E-state index in [2.05, 4.69) is 0 Å². The van der Waals surface area contributed by atoms with Gasteiger partial charge in [-0.05, 0) is 68.7 Å². The lowest BCUT2D eigenvalue weighted by Crippen LogP contribution is -2.37. The number of hydrogen-bond donors (Lipinski definition) is 2. The van der Waals surface area contributed by atoms with E-state index in [1.54, 1.807) is 41.3 Å². The van der Waals surface area contributed by atoms with Gasteiger partial charge in [0.15, 0.2) is 0 Å². The largest absolute Gasteiger partial charge is 0.507 e. The second-order valence-corrected chi connectivity index (χ2v) is 8.95. The number of likely N-dealkylation sites (tertiary alicyclic amines) is 1. The molecule has 1 atom stereocenters. The highest BCUT2D eigenvalue weighted by molar-refractivity contribution is 6.46. The molecule has 32 heavy (non-hydrogen) atoms. The Morgan fingerprint density at radius 2 is 1.75 bits per heavy atom. The number of Topliss-reactive ketones (excluding diaryl/α,β-unsaturated/α-hetero) is 1. The maximum atomic E-state index is 13.1. The Bertz CT molecular complexity index is 1070. The van der Waals surface area contributed by atoms with E-state index in [1.165, 1.54) is 6.07 Å². The molecule has 1 saturated carbocycles. The quantitative estimate of drug-likeness (QED) is 0.367. The Hall–Kier alpha value is -2.99. The van der Waals surface area contributed by atoms with Crippen LogP contribution in [0.25, 0.3) is 5.76 Å². The number of nitrogens with zero attached hydrogens (tertiary/aromatic N) is 1. The van der Waals surface area contributed by atoms with E-state index < -0.39 is 17.7 Å². The molecule has 1 aliphatic heterocycles. The summed E-state index contributed by atoms with van der Waals surface area (Å²) in [6.45, 7) is 3.84. The fourth-order valence-corrected chi connectivity index (χ4v) is 4.74. The molecule has 168 valence electrons. The number of rotatable bonds is 5. The van der Waals surface area contributed by atoms with E-state index in [4.69, 9.17) is 16.3 Å². The molecule has 2 fully saturated rings. The Balaban J connectivity index is 1.82. The highest BCUT2D eigenvalue weighted by Crippen LogP contribution is 2.44. The summed E-state index contributed by atoms with van der Waals surface area (Å²) < 4.78 is 5.65. The SMILES string of the molecule is CC(C)Oc1ccc(/C(O)=C2/C(=O)C(=O)N(C3CCCC3)C2c2ccc(O)c(Cl)c2)cc1. The molecule has 1 saturated heterocycles. The van der Waals surface area contributed by atoms with Crippen molar-refractivity contribution >= 4 is 29.1 Å². The molecule has 2 N–H and O–H groups in total. The Morgan fingerprint density at radius 3 is 2.34 bits per heavy atom. The predicted octanol–water partition coefficient (Wildman–Crippen LogP) is 5.20. The lowest BCUT2D eigenvalue weighted by Gasteiger charge is -2.31. The fourth-order valence-electron chi connectivity index (χ4n) is 4.55. The van der Waals surface area contributed by atoms with Gasteiger partial charge >= 0.3 is 0 Å². The monoisotopic (exact) mass is 455 g/mol. The van der Waals surface area contributed by atoms with Gasteiger partial charge in [0.1, 0.15) is 17.3 Å². The maximum Gasteiger partial charge on any atom is 0.295 e. The Labute approximate surface area is 192 Å². The number of carbonyl (C=O) groups is 2. The molecule has 0 bridgehead atoms. The zero-order valence-electron chi connectivity index (χ0n) is 18.0. The van der Waals surface area contributed by atoms with Gasteiger partial charge in [-0.25, -0.2) is 0 Å². The second kappa shape index (κ2) is 8.87. The van der Waals surface area contributed by atoms with Crippen molar-refractivity contribution in [3.63, 3.8) is 0 Å². The molecule has 2 aliphatic rings. The number of hydrogen-bond acceptors (Lipinski definition) is 5. The zero-order chi connectivity index (χ0) is 23.0. The molecule has 7 heteroatoms. The molecule has 4 rings (SSSR count). The van der Waals surface area contributed by atoms with E-state index in [0.717, 1.165) is 25.7 Å². The van der Waals surface area contributed by atoms with E-state index in [-0.39, 0.29) is 34.3 Å². The summed E-state index contributed by atoms with van der Waals surface area (Å²) in [7, 11) is 0. The highest BCUT2D eigenvalue weighted by Gasteiger charge is 2.49. The van der Waals surface area contributed by atoms with Gasteiger partial charge in [-0.2, -0.15) is 0 Å². The van der Waals surface area contributed by atoms with Crippen molar-refractivity contribution in [1.82, 2.24) is 4.90 Å². The average molecular weight is 456 g/mol. The van der Waals surface area contributed by atoms with Crippen molar-refractivity contribution < 1.29 is 24.5 Å². The third-order valence-corrected chi connectivity index (χ3v) is 6.29. The van der Waals surface area contributed by atoms with E-state index in [1.807, 2.05) is 13.8 Å². The maximum absolute atomic E-state index is 13.1. The van der Waals surface area contributed by atoms with Crippen LogP contribution in [0.2, 0.25) is 5.02 Å². The summed E-state index contributed by atoms with van der Waals surface area (Å²) in [5.74, 6) is -1.02. The predicted molar refractivity (Wildman–Crippen MR) is 122 cm³/mol. The molecule has 6 nitrogen and oxygen atoms in total. The van der Waals surface area contributed by atoms with E-state index in [9.17, 15) is 19.8 Å².